The molecule has 5 heterocycles. The molecule has 34 heavy (non-hydrogen) atoms. The number of nitrogens with zero attached hydrogens (tertiary/aromatic N) is 6. The van der Waals surface area contributed by atoms with Gasteiger partial charge in [-0.15, -0.1) is 11.3 Å². The summed E-state index contributed by atoms with van der Waals surface area (Å²) in [5.74, 6) is 0.885. The van der Waals surface area contributed by atoms with E-state index >= 15 is 0 Å². The van der Waals surface area contributed by atoms with Crippen molar-refractivity contribution in [3.63, 3.8) is 0 Å². The van der Waals surface area contributed by atoms with Crippen LogP contribution in [0.5, 0.6) is 0 Å². The second-order valence-electron chi connectivity index (χ2n) is 9.41. The van der Waals surface area contributed by atoms with Crippen molar-refractivity contribution in [2.75, 3.05) is 32.5 Å². The number of aryl methyl sites for hydroxylation is 1. The normalized spacial score (nSPS) is 20.4. The first-order valence-electron chi connectivity index (χ1n) is 11.6. The van der Waals surface area contributed by atoms with Gasteiger partial charge in [0, 0.05) is 53.9 Å². The molecule has 0 radical (unpaired) electrons. The first kappa shape index (κ1) is 21.8. The van der Waals surface area contributed by atoms with Gasteiger partial charge in [0.2, 0.25) is 11.9 Å². The minimum absolute atomic E-state index is 0.0632. The number of hydrogen-bond acceptors (Lipinski definition) is 7. The van der Waals surface area contributed by atoms with E-state index < -0.39 is 0 Å². The quantitative estimate of drug-likeness (QED) is 0.461. The summed E-state index contributed by atoms with van der Waals surface area (Å²) in [5, 5.41) is 9.10. The number of amides is 1. The Hall–Kier alpha value is -2.75. The summed E-state index contributed by atoms with van der Waals surface area (Å²) in [7, 11) is 4.19. The fourth-order valence-electron chi connectivity index (χ4n) is 5.11. The zero-order valence-corrected chi connectivity index (χ0v) is 20.7. The molecule has 0 saturated carbocycles. The Morgan fingerprint density at radius 2 is 2.21 bits per heavy atom. The predicted octanol–water partition coefficient (Wildman–Crippen LogP) is 4.00. The van der Waals surface area contributed by atoms with E-state index in [1.807, 2.05) is 18.3 Å². The molecule has 1 aliphatic carbocycles. The van der Waals surface area contributed by atoms with Crippen LogP contribution in [-0.4, -0.2) is 68.5 Å². The zero-order chi connectivity index (χ0) is 23.4. The van der Waals surface area contributed by atoms with Gasteiger partial charge < -0.3 is 15.1 Å². The molecule has 1 fully saturated rings. The fraction of sp³-hybridized carbons (Fsp3) is 0.417. The summed E-state index contributed by atoms with van der Waals surface area (Å²) in [4.78, 5) is 29.1. The number of likely N-dealkylation sites (N-methyl/N-ethyl adjacent to an activating group) is 1. The van der Waals surface area contributed by atoms with Crippen LogP contribution >= 0.6 is 22.9 Å². The maximum Gasteiger partial charge on any atom is 0.228 e. The number of carbonyl (C=O) groups is 1. The van der Waals surface area contributed by atoms with E-state index in [1.54, 1.807) is 28.2 Å². The summed E-state index contributed by atoms with van der Waals surface area (Å²) in [5.41, 5.74) is 2.98. The van der Waals surface area contributed by atoms with Crippen LogP contribution in [0.3, 0.4) is 0 Å². The molecule has 6 rings (SSSR count). The van der Waals surface area contributed by atoms with Crippen molar-refractivity contribution >= 4 is 56.2 Å². The van der Waals surface area contributed by atoms with Gasteiger partial charge in [-0.1, -0.05) is 11.6 Å². The third kappa shape index (κ3) is 3.81. The number of fused-ring (bicyclic) bond motifs is 4. The maximum atomic E-state index is 13.2. The van der Waals surface area contributed by atoms with Crippen molar-refractivity contribution in [2.45, 2.75) is 31.7 Å². The Morgan fingerprint density at radius 3 is 3.03 bits per heavy atom. The van der Waals surface area contributed by atoms with Crippen LogP contribution in [0.2, 0.25) is 5.02 Å². The molecule has 2 aliphatic rings. The number of likely N-dealkylation sites (tertiary alicyclic amines) is 1. The largest absolute Gasteiger partial charge is 0.341 e. The van der Waals surface area contributed by atoms with Gasteiger partial charge in [0.25, 0.3) is 0 Å². The number of anilines is 2. The molecule has 1 amide bonds. The summed E-state index contributed by atoms with van der Waals surface area (Å²) < 4.78 is 1.73. The first-order valence-corrected chi connectivity index (χ1v) is 12.8. The van der Waals surface area contributed by atoms with Crippen LogP contribution in [0.15, 0.2) is 30.7 Å². The SMILES string of the molecule is CN(C)[C@H]1CCN(C(=O)C2CCc3c(sc4nc(Nc5cc6ccnn6cc5Cl)ncc34)C2)C1. The van der Waals surface area contributed by atoms with Crippen LogP contribution in [0.1, 0.15) is 23.3 Å². The van der Waals surface area contributed by atoms with E-state index in [-0.39, 0.29) is 5.92 Å². The Labute approximate surface area is 206 Å². The van der Waals surface area contributed by atoms with Gasteiger partial charge in [0.15, 0.2) is 0 Å². The molecular formula is C24H26ClN7OS. The highest BCUT2D eigenvalue weighted by Gasteiger charge is 2.34. The van der Waals surface area contributed by atoms with Crippen LogP contribution in [0.25, 0.3) is 15.7 Å². The van der Waals surface area contributed by atoms with Gasteiger partial charge in [-0.05, 0) is 57.5 Å². The van der Waals surface area contributed by atoms with Gasteiger partial charge >= 0.3 is 0 Å². The molecule has 1 aliphatic heterocycles. The van der Waals surface area contributed by atoms with E-state index in [0.29, 0.717) is 22.9 Å². The second-order valence-corrected chi connectivity index (χ2v) is 10.9. The molecule has 1 N–H and O–H groups in total. The highest BCUT2D eigenvalue weighted by molar-refractivity contribution is 7.18. The van der Waals surface area contributed by atoms with Crippen LogP contribution in [0, 0.1) is 5.92 Å². The number of halogens is 1. The van der Waals surface area contributed by atoms with E-state index in [9.17, 15) is 4.79 Å². The predicted molar refractivity (Wildman–Crippen MR) is 135 cm³/mol. The Bertz CT molecular complexity index is 1400. The van der Waals surface area contributed by atoms with Crippen molar-refractivity contribution in [3.8, 4) is 0 Å². The van der Waals surface area contributed by atoms with Crippen LogP contribution < -0.4 is 5.32 Å². The van der Waals surface area contributed by atoms with E-state index in [0.717, 1.165) is 60.2 Å². The lowest BCUT2D eigenvalue weighted by Gasteiger charge is -2.27. The molecule has 1 unspecified atom stereocenters. The standard InChI is InChI=1S/C24H26ClN7OS/c1-30(2)16-6-8-31(12-16)23(33)14-3-4-17-18-11-26-24(29-22(18)34-21(17)9-14)28-20-10-15-5-7-27-32(15)13-19(20)25/h5,7,10-11,13-14,16H,3-4,6,8-9,12H2,1-2H3,(H,26,28,29)/t14?,16-/m0/s1. The summed E-state index contributed by atoms with van der Waals surface area (Å²) in [6.45, 7) is 1.71. The molecule has 0 aromatic carbocycles. The fourth-order valence-corrected chi connectivity index (χ4v) is 6.58. The van der Waals surface area contributed by atoms with E-state index in [1.165, 1.54) is 10.4 Å². The molecule has 176 valence electrons. The lowest BCUT2D eigenvalue weighted by atomic mass is 9.87. The lowest BCUT2D eigenvalue weighted by molar-refractivity contribution is -0.134. The van der Waals surface area contributed by atoms with Crippen molar-refractivity contribution in [1.29, 1.82) is 0 Å². The number of hydrogen-bond donors (Lipinski definition) is 1. The average molecular weight is 496 g/mol. The van der Waals surface area contributed by atoms with Gasteiger partial charge in [0.05, 0.1) is 16.2 Å². The van der Waals surface area contributed by atoms with Crippen molar-refractivity contribution in [2.24, 2.45) is 5.92 Å². The number of rotatable bonds is 4. The third-order valence-electron chi connectivity index (χ3n) is 7.10. The number of pyridine rings is 1. The van der Waals surface area contributed by atoms with Gasteiger partial charge in [-0.3, -0.25) is 4.79 Å². The number of aromatic nitrogens is 4. The highest BCUT2D eigenvalue weighted by Crippen LogP contribution is 2.38. The van der Waals surface area contributed by atoms with Crippen LogP contribution in [-0.2, 0) is 17.6 Å². The van der Waals surface area contributed by atoms with E-state index in [2.05, 4.69) is 39.3 Å². The van der Waals surface area contributed by atoms with Crippen molar-refractivity contribution < 1.29 is 4.79 Å². The molecular weight excluding hydrogens is 470 g/mol. The Morgan fingerprint density at radius 1 is 1.32 bits per heavy atom. The summed E-state index contributed by atoms with van der Waals surface area (Å²) in [6, 6.07) is 4.31. The van der Waals surface area contributed by atoms with Gasteiger partial charge in [0.1, 0.15) is 4.83 Å². The molecule has 4 aromatic heterocycles. The lowest BCUT2D eigenvalue weighted by Crippen LogP contribution is -2.39. The number of carbonyl (C=O) groups excluding carboxylic acids is 1. The minimum atomic E-state index is 0.0632. The average Bonchev–Trinajstić information content (AvgIpc) is 3.56. The summed E-state index contributed by atoms with van der Waals surface area (Å²) >= 11 is 8.11. The van der Waals surface area contributed by atoms with Crippen molar-refractivity contribution in [1.82, 2.24) is 29.4 Å². The molecule has 2 atom stereocenters. The summed E-state index contributed by atoms with van der Waals surface area (Å²) in [6.07, 6.45) is 9.04. The van der Waals surface area contributed by atoms with Gasteiger partial charge in [-0.25, -0.2) is 14.5 Å². The molecule has 0 spiro atoms. The van der Waals surface area contributed by atoms with E-state index in [4.69, 9.17) is 16.6 Å². The zero-order valence-electron chi connectivity index (χ0n) is 19.2. The first-order chi connectivity index (χ1) is 16.5. The maximum absolute atomic E-state index is 13.2. The molecule has 10 heteroatoms. The number of thiophene rings is 1. The topological polar surface area (TPSA) is 78.7 Å². The van der Waals surface area contributed by atoms with Crippen LogP contribution in [0.4, 0.5) is 11.6 Å². The minimum Gasteiger partial charge on any atom is -0.341 e. The molecule has 0 bridgehead atoms. The smallest absolute Gasteiger partial charge is 0.228 e. The molecule has 8 nitrogen and oxygen atoms in total. The monoisotopic (exact) mass is 495 g/mol. The highest BCUT2D eigenvalue weighted by atomic mass is 35.5. The van der Waals surface area contributed by atoms with Crippen molar-refractivity contribution in [3.05, 3.63) is 46.2 Å². The number of nitrogens with one attached hydrogen (secondary N) is 1. The second kappa shape index (κ2) is 8.48. The molecule has 1 saturated heterocycles. The van der Waals surface area contributed by atoms with Gasteiger partial charge in [-0.2, -0.15) is 5.10 Å². The Kier molecular flexibility index (Phi) is 5.43. The molecule has 4 aromatic rings. The third-order valence-corrected chi connectivity index (χ3v) is 8.56. The Balaban J connectivity index is 1.21.